The molecule has 0 aliphatic rings. The van der Waals surface area contributed by atoms with Crippen molar-refractivity contribution in [3.8, 4) is 11.5 Å². The minimum atomic E-state index is -5.94. The van der Waals surface area contributed by atoms with Gasteiger partial charge in [0.25, 0.3) is 0 Å². The average molecular weight is 456 g/mol. The largest absolute Gasteiger partial charge is 0.534 e. The summed E-state index contributed by atoms with van der Waals surface area (Å²) in [5.41, 5.74) is -6.15. The molecule has 12 heteroatoms. The van der Waals surface area contributed by atoms with Crippen LogP contribution in [0.3, 0.4) is 0 Å². The monoisotopic (exact) mass is 456 g/mol. The Bertz CT molecular complexity index is 1010. The topological polar surface area (TPSA) is 97.7 Å². The van der Waals surface area contributed by atoms with Crippen molar-refractivity contribution in [2.45, 2.75) is 26.8 Å². The maximum absolute atomic E-state index is 13.2. The maximum Gasteiger partial charge on any atom is 0.534 e. The normalized spacial score (nSPS) is 10.9. The fourth-order valence-electron chi connectivity index (χ4n) is 1.92. The number of carbonyl (C=O) groups is 2. The number of hydrogen-bond acceptors (Lipinski definition) is 6. The molecule has 0 saturated carbocycles. The Kier molecular flexibility index (Phi) is 9.12. The van der Waals surface area contributed by atoms with Gasteiger partial charge < -0.3 is 9.29 Å². The second-order valence-electron chi connectivity index (χ2n) is 5.56. The molecule has 0 heterocycles. The number of aldehydes is 2. The Morgan fingerprint density at radius 1 is 0.900 bits per heavy atom. The molecular weight excluding hydrogens is 439 g/mol. The first-order valence-electron chi connectivity index (χ1n) is 7.43. The van der Waals surface area contributed by atoms with Crippen LogP contribution in [0.15, 0.2) is 24.3 Å². The predicted molar refractivity (Wildman–Crippen MR) is 97.0 cm³/mol. The number of rotatable bonds is 4. The van der Waals surface area contributed by atoms with Crippen molar-refractivity contribution >= 4 is 22.7 Å². The third-order valence-electron chi connectivity index (χ3n) is 3.21. The molecule has 6 nitrogen and oxygen atoms in total. The first-order chi connectivity index (χ1) is 13.2. The molecule has 0 amide bonds. The van der Waals surface area contributed by atoms with Crippen LogP contribution >= 0.6 is 0 Å². The van der Waals surface area contributed by atoms with Crippen LogP contribution in [0.2, 0.25) is 0 Å². The Labute approximate surface area is 169 Å². The van der Waals surface area contributed by atoms with E-state index in [1.54, 1.807) is 6.92 Å². The van der Waals surface area contributed by atoms with Crippen LogP contribution in [0.5, 0.6) is 11.5 Å². The first kappa shape index (κ1) is 27.0. The van der Waals surface area contributed by atoms with E-state index in [2.05, 4.69) is 4.18 Å². The van der Waals surface area contributed by atoms with Crippen LogP contribution in [-0.4, -0.2) is 31.6 Å². The van der Waals surface area contributed by atoms with Gasteiger partial charge in [-0.3, -0.25) is 9.59 Å². The molecule has 0 fully saturated rings. The highest BCUT2D eigenvalue weighted by Crippen LogP contribution is 2.30. The Hall–Kier alpha value is -3.02. The minimum Gasteiger partial charge on any atom is -0.507 e. The van der Waals surface area contributed by atoms with Crippen LogP contribution in [0, 0.1) is 25.5 Å². The van der Waals surface area contributed by atoms with Gasteiger partial charge in [-0.2, -0.15) is 21.6 Å². The van der Waals surface area contributed by atoms with Crippen molar-refractivity contribution in [1.29, 1.82) is 0 Å². The molecule has 0 aliphatic carbocycles. The number of aryl methyl sites for hydroxylation is 2. The lowest BCUT2D eigenvalue weighted by atomic mass is 10.1. The molecule has 30 heavy (non-hydrogen) atoms. The van der Waals surface area contributed by atoms with E-state index in [1.165, 1.54) is 19.1 Å². The number of hydrogen-bond donors (Lipinski definition) is 1. The van der Waals surface area contributed by atoms with Crippen LogP contribution in [0.25, 0.3) is 0 Å². The van der Waals surface area contributed by atoms with Crippen LogP contribution in [-0.2, 0) is 10.1 Å². The van der Waals surface area contributed by atoms with Crippen LogP contribution < -0.4 is 4.18 Å². The number of aromatic hydroxyl groups is 1. The van der Waals surface area contributed by atoms with E-state index >= 15 is 0 Å². The highest BCUT2D eigenvalue weighted by molar-refractivity contribution is 7.88. The fourth-order valence-corrected chi connectivity index (χ4v) is 2.39. The zero-order chi connectivity index (χ0) is 22.6. The van der Waals surface area contributed by atoms with E-state index in [9.17, 15) is 40.0 Å². The van der Waals surface area contributed by atoms with Crippen molar-refractivity contribution < 1.29 is 49.2 Å². The second-order valence-corrected chi connectivity index (χ2v) is 7.09. The molecule has 0 saturated heterocycles. The Balaban J connectivity index is 0.000000603. The van der Waals surface area contributed by atoms with Gasteiger partial charge in [-0.15, -0.1) is 0 Å². The standard InChI is InChI=1S/C9H6F4O4S.C8H7FO2.CH4/c1-5-2-7(10)6(4-14)8(3-5)17-18(15,16)9(11,12)13;1-5-2-7(9)6(4-10)8(11)3-5;/h2-4H,1H3;2-4,11H,1H3;1H4. The summed E-state index contributed by atoms with van der Waals surface area (Å²) in [7, 11) is -5.94. The lowest BCUT2D eigenvalue weighted by Crippen LogP contribution is -2.28. The number of phenolic OH excluding ortho intramolecular Hbond substituents is 1. The van der Waals surface area contributed by atoms with Gasteiger partial charge in [0.1, 0.15) is 17.4 Å². The first-order valence-corrected chi connectivity index (χ1v) is 8.84. The van der Waals surface area contributed by atoms with E-state index < -0.39 is 38.6 Å². The summed E-state index contributed by atoms with van der Waals surface area (Å²) in [6.45, 7) is 2.93. The summed E-state index contributed by atoms with van der Waals surface area (Å²) in [6.07, 6.45) is 0.167. The van der Waals surface area contributed by atoms with Crippen molar-refractivity contribution in [2.75, 3.05) is 0 Å². The SMILES string of the molecule is C.Cc1cc(F)c(C=O)c(OS(=O)(=O)C(F)(F)F)c1.Cc1cc(O)c(C=O)c(F)c1. The third kappa shape index (κ3) is 6.51. The molecule has 0 bridgehead atoms. The van der Waals surface area contributed by atoms with Gasteiger partial charge in [0, 0.05) is 0 Å². The van der Waals surface area contributed by atoms with Gasteiger partial charge in [-0.1, -0.05) is 7.43 Å². The summed E-state index contributed by atoms with van der Waals surface area (Å²) in [4.78, 5) is 20.7. The van der Waals surface area contributed by atoms with Gasteiger partial charge in [0.2, 0.25) is 0 Å². The van der Waals surface area contributed by atoms with Crippen molar-refractivity contribution in [3.63, 3.8) is 0 Å². The molecule has 2 rings (SSSR count). The van der Waals surface area contributed by atoms with Gasteiger partial charge in [-0.25, -0.2) is 8.78 Å². The molecule has 0 unspecified atom stereocenters. The molecule has 1 N–H and O–H groups in total. The summed E-state index contributed by atoms with van der Waals surface area (Å²) >= 11 is 0. The number of benzene rings is 2. The van der Waals surface area contributed by atoms with E-state index in [-0.39, 0.29) is 30.6 Å². The summed E-state index contributed by atoms with van der Waals surface area (Å²) < 4.78 is 87.3. The van der Waals surface area contributed by atoms with Crippen LogP contribution in [0.1, 0.15) is 39.3 Å². The molecule has 166 valence electrons. The second kappa shape index (κ2) is 10.1. The number of carbonyl (C=O) groups excluding carboxylic acids is 2. The average Bonchev–Trinajstić information content (AvgIpc) is 2.53. The Morgan fingerprint density at radius 3 is 1.73 bits per heavy atom. The van der Waals surface area contributed by atoms with Gasteiger partial charge in [0.15, 0.2) is 18.3 Å². The lowest BCUT2D eigenvalue weighted by molar-refractivity contribution is -0.0500. The van der Waals surface area contributed by atoms with Crippen molar-refractivity contribution in [1.82, 2.24) is 0 Å². The van der Waals surface area contributed by atoms with Crippen molar-refractivity contribution in [3.05, 3.63) is 58.2 Å². The zero-order valence-corrected chi connectivity index (χ0v) is 15.6. The molecule has 0 aliphatic heterocycles. The zero-order valence-electron chi connectivity index (χ0n) is 14.8. The van der Waals surface area contributed by atoms with Crippen molar-refractivity contribution in [2.24, 2.45) is 0 Å². The molecule has 0 atom stereocenters. The highest BCUT2D eigenvalue weighted by Gasteiger charge is 2.49. The van der Waals surface area contributed by atoms with E-state index in [0.717, 1.165) is 12.1 Å². The molecule has 2 aromatic carbocycles. The minimum absolute atomic E-state index is 0. The van der Waals surface area contributed by atoms with Gasteiger partial charge in [-0.05, 0) is 49.2 Å². The third-order valence-corrected chi connectivity index (χ3v) is 4.17. The van der Waals surface area contributed by atoms with Gasteiger partial charge in [0.05, 0.1) is 11.1 Å². The highest BCUT2D eigenvalue weighted by atomic mass is 32.2. The summed E-state index contributed by atoms with van der Waals surface area (Å²) in [5, 5.41) is 9.00. The molecule has 0 spiro atoms. The maximum atomic E-state index is 13.2. The van der Waals surface area contributed by atoms with E-state index in [0.29, 0.717) is 11.8 Å². The van der Waals surface area contributed by atoms with Gasteiger partial charge >= 0.3 is 15.6 Å². The number of halogens is 5. The molecule has 2 aromatic rings. The predicted octanol–water partition coefficient (Wildman–Crippen LogP) is 4.46. The summed E-state index contributed by atoms with van der Waals surface area (Å²) in [5.74, 6) is -3.16. The van der Waals surface area contributed by atoms with E-state index in [1.807, 2.05) is 0 Å². The smallest absolute Gasteiger partial charge is 0.507 e. The van der Waals surface area contributed by atoms with E-state index in [4.69, 9.17) is 5.11 Å². The van der Waals surface area contributed by atoms with Crippen LogP contribution in [0.4, 0.5) is 22.0 Å². The number of alkyl halides is 3. The Morgan fingerprint density at radius 2 is 1.33 bits per heavy atom. The molecular formula is C18H17F5O6S. The summed E-state index contributed by atoms with van der Waals surface area (Å²) in [6, 6.07) is 4.21. The number of phenols is 1. The molecule has 0 radical (unpaired) electrons. The quantitative estimate of drug-likeness (QED) is 0.316. The lowest BCUT2D eigenvalue weighted by Gasteiger charge is -2.11. The molecule has 0 aromatic heterocycles. The fraction of sp³-hybridized carbons (Fsp3) is 0.222.